The first-order valence-electron chi connectivity index (χ1n) is 5.61. The van der Waals surface area contributed by atoms with Gasteiger partial charge in [0.1, 0.15) is 0 Å². The fourth-order valence-corrected chi connectivity index (χ4v) is 3.39. The zero-order valence-corrected chi connectivity index (χ0v) is 8.93. The van der Waals surface area contributed by atoms with Crippen LogP contribution >= 0.6 is 0 Å². The fourth-order valence-electron chi connectivity index (χ4n) is 3.39. The summed E-state index contributed by atoms with van der Waals surface area (Å²) in [5, 5.41) is 0. The van der Waals surface area contributed by atoms with Gasteiger partial charge in [-0.3, -0.25) is 0 Å². The highest BCUT2D eigenvalue weighted by Crippen LogP contribution is 2.68. The smallest absolute Gasteiger partial charge is 0.0318 e. The second kappa shape index (κ2) is 2.49. The van der Waals surface area contributed by atoms with Crippen molar-refractivity contribution < 1.29 is 0 Å². The molecule has 2 rings (SSSR count). The van der Waals surface area contributed by atoms with Crippen LogP contribution in [0.3, 0.4) is 0 Å². The summed E-state index contributed by atoms with van der Waals surface area (Å²) in [6, 6.07) is 0. The van der Waals surface area contributed by atoms with E-state index in [1.807, 2.05) is 0 Å². The van der Waals surface area contributed by atoms with E-state index in [1.54, 1.807) is 0 Å². The van der Waals surface area contributed by atoms with Crippen LogP contribution in [0.1, 0.15) is 47.0 Å². The molecule has 3 atom stereocenters. The average molecular weight is 166 g/mol. The molecule has 2 fully saturated rings. The topological polar surface area (TPSA) is 0 Å². The van der Waals surface area contributed by atoms with Crippen molar-refractivity contribution in [3.8, 4) is 0 Å². The number of rotatable bonds is 3. The second-order valence-electron chi connectivity index (χ2n) is 5.52. The van der Waals surface area contributed by atoms with Crippen LogP contribution in [0.4, 0.5) is 0 Å². The van der Waals surface area contributed by atoms with Gasteiger partial charge in [-0.2, -0.15) is 0 Å². The average Bonchev–Trinajstić information content (AvgIpc) is 2.84. The van der Waals surface area contributed by atoms with Crippen molar-refractivity contribution in [2.75, 3.05) is 0 Å². The molecule has 2 aliphatic rings. The minimum absolute atomic E-state index is 0.710. The maximum absolute atomic E-state index is 2.44. The van der Waals surface area contributed by atoms with Crippen molar-refractivity contribution in [2.45, 2.75) is 47.0 Å². The molecule has 0 heterocycles. The van der Waals surface area contributed by atoms with Crippen LogP contribution in [0.2, 0.25) is 0 Å². The first-order chi connectivity index (χ1) is 5.61. The molecule has 12 heavy (non-hydrogen) atoms. The minimum atomic E-state index is 0.710. The van der Waals surface area contributed by atoms with Gasteiger partial charge in [-0.1, -0.05) is 40.5 Å². The molecular formula is C12H22. The predicted molar refractivity (Wildman–Crippen MR) is 52.9 cm³/mol. The fraction of sp³-hybridized carbons (Fsp3) is 1.00. The summed E-state index contributed by atoms with van der Waals surface area (Å²) in [5.74, 6) is 4.41. The Morgan fingerprint density at radius 2 is 1.50 bits per heavy atom. The van der Waals surface area contributed by atoms with E-state index in [0.29, 0.717) is 5.41 Å². The van der Waals surface area contributed by atoms with Gasteiger partial charge in [0, 0.05) is 0 Å². The molecule has 0 radical (unpaired) electrons. The van der Waals surface area contributed by atoms with Gasteiger partial charge in [-0.15, -0.1) is 0 Å². The van der Waals surface area contributed by atoms with Gasteiger partial charge in [-0.25, -0.2) is 0 Å². The van der Waals surface area contributed by atoms with Gasteiger partial charge >= 0.3 is 0 Å². The Hall–Kier alpha value is 0. The minimum Gasteiger partial charge on any atom is -0.0651 e. The lowest BCUT2D eigenvalue weighted by Crippen LogP contribution is -1.94. The number of hydrogen-bond acceptors (Lipinski definition) is 0. The summed E-state index contributed by atoms with van der Waals surface area (Å²) in [7, 11) is 0. The Bertz CT molecular complexity index is 170. The molecule has 0 spiro atoms. The van der Waals surface area contributed by atoms with Crippen LogP contribution in [-0.2, 0) is 0 Å². The van der Waals surface area contributed by atoms with E-state index in [1.165, 1.54) is 19.3 Å². The normalized spacial score (nSPS) is 49.0. The molecule has 0 amide bonds. The second-order valence-corrected chi connectivity index (χ2v) is 5.52. The zero-order chi connectivity index (χ0) is 8.93. The van der Waals surface area contributed by atoms with Crippen molar-refractivity contribution in [3.63, 3.8) is 0 Å². The molecule has 0 aliphatic heterocycles. The number of hydrogen-bond donors (Lipinski definition) is 0. The zero-order valence-electron chi connectivity index (χ0n) is 8.93. The Kier molecular flexibility index (Phi) is 1.79. The molecule has 3 unspecified atom stereocenters. The van der Waals surface area contributed by atoms with Crippen LogP contribution in [0.15, 0.2) is 0 Å². The lowest BCUT2D eigenvalue weighted by molar-refractivity contribution is 0.479. The Balaban J connectivity index is 1.92. The van der Waals surface area contributed by atoms with Gasteiger partial charge in [0.2, 0.25) is 0 Å². The Morgan fingerprint density at radius 1 is 1.08 bits per heavy atom. The van der Waals surface area contributed by atoms with Crippen molar-refractivity contribution in [1.82, 2.24) is 0 Å². The maximum Gasteiger partial charge on any atom is -0.0318 e. The van der Waals surface area contributed by atoms with Gasteiger partial charge in [0.25, 0.3) is 0 Å². The summed E-state index contributed by atoms with van der Waals surface area (Å²) < 4.78 is 0. The standard InChI is InChI=1S/C12H22/c1-5-8-9(6-2)11(8)10-7-12(10,3)4/h8-11H,5-7H2,1-4H3. The predicted octanol–water partition coefficient (Wildman–Crippen LogP) is 3.71. The van der Waals surface area contributed by atoms with Crippen LogP contribution in [0.25, 0.3) is 0 Å². The first kappa shape index (κ1) is 8.59. The molecule has 0 aromatic carbocycles. The molecule has 0 aromatic rings. The van der Waals surface area contributed by atoms with Crippen molar-refractivity contribution >= 4 is 0 Å². The molecule has 0 heteroatoms. The first-order valence-corrected chi connectivity index (χ1v) is 5.61. The SMILES string of the molecule is CCC1C(CC)C1C1CC1(C)C. The van der Waals surface area contributed by atoms with E-state index in [9.17, 15) is 0 Å². The largest absolute Gasteiger partial charge is 0.0651 e. The van der Waals surface area contributed by atoms with Crippen LogP contribution in [0, 0.1) is 29.1 Å². The van der Waals surface area contributed by atoms with E-state index in [2.05, 4.69) is 27.7 Å². The summed E-state index contributed by atoms with van der Waals surface area (Å²) in [4.78, 5) is 0. The van der Waals surface area contributed by atoms with Gasteiger partial charge in [0.15, 0.2) is 0 Å². The molecule has 0 saturated heterocycles. The molecule has 0 N–H and O–H groups in total. The van der Waals surface area contributed by atoms with E-state index in [4.69, 9.17) is 0 Å². The van der Waals surface area contributed by atoms with Gasteiger partial charge in [0.05, 0.1) is 0 Å². The summed E-state index contributed by atoms with van der Waals surface area (Å²) in [6.07, 6.45) is 4.36. The van der Waals surface area contributed by atoms with Crippen LogP contribution in [0.5, 0.6) is 0 Å². The molecular weight excluding hydrogens is 144 g/mol. The third kappa shape index (κ3) is 1.11. The van der Waals surface area contributed by atoms with Crippen molar-refractivity contribution in [1.29, 1.82) is 0 Å². The summed E-state index contributed by atoms with van der Waals surface area (Å²) >= 11 is 0. The van der Waals surface area contributed by atoms with Crippen LogP contribution < -0.4 is 0 Å². The van der Waals surface area contributed by atoms with E-state index in [0.717, 1.165) is 23.7 Å². The highest BCUT2D eigenvalue weighted by molar-refractivity contribution is 5.10. The summed E-state index contributed by atoms with van der Waals surface area (Å²) in [6.45, 7) is 9.61. The lowest BCUT2D eigenvalue weighted by Gasteiger charge is -2.00. The monoisotopic (exact) mass is 166 g/mol. The van der Waals surface area contributed by atoms with Crippen molar-refractivity contribution in [2.24, 2.45) is 29.1 Å². The lowest BCUT2D eigenvalue weighted by atomic mass is 10.0. The van der Waals surface area contributed by atoms with Crippen molar-refractivity contribution in [3.05, 3.63) is 0 Å². The highest BCUT2D eigenvalue weighted by Gasteiger charge is 2.62. The van der Waals surface area contributed by atoms with E-state index < -0.39 is 0 Å². The molecule has 0 bridgehead atoms. The van der Waals surface area contributed by atoms with E-state index in [-0.39, 0.29) is 0 Å². The van der Waals surface area contributed by atoms with Gasteiger partial charge < -0.3 is 0 Å². The third-order valence-corrected chi connectivity index (χ3v) is 4.39. The quantitative estimate of drug-likeness (QED) is 0.599. The molecule has 70 valence electrons. The molecule has 2 saturated carbocycles. The molecule has 2 aliphatic carbocycles. The third-order valence-electron chi connectivity index (χ3n) is 4.39. The molecule has 0 nitrogen and oxygen atoms in total. The molecule has 0 aromatic heterocycles. The Labute approximate surface area is 76.7 Å². The maximum atomic E-state index is 2.44. The highest BCUT2D eigenvalue weighted by atomic mass is 14.7. The Morgan fingerprint density at radius 3 is 1.75 bits per heavy atom. The van der Waals surface area contributed by atoms with Gasteiger partial charge in [-0.05, 0) is 35.5 Å². The van der Waals surface area contributed by atoms with E-state index >= 15 is 0 Å². The van der Waals surface area contributed by atoms with Crippen LogP contribution in [-0.4, -0.2) is 0 Å². The summed E-state index contributed by atoms with van der Waals surface area (Å²) in [5.41, 5.74) is 0.710.